The molecule has 27 heavy (non-hydrogen) atoms. The average Bonchev–Trinajstić information content (AvgIpc) is 3.04. The van der Waals surface area contributed by atoms with Crippen LogP contribution in [0.5, 0.6) is 5.75 Å². The van der Waals surface area contributed by atoms with Crippen LogP contribution in [-0.4, -0.2) is 55.3 Å². The van der Waals surface area contributed by atoms with Crippen molar-refractivity contribution in [3.63, 3.8) is 0 Å². The number of nitrogens with zero attached hydrogens (tertiary/aromatic N) is 3. The topological polar surface area (TPSA) is 71.8 Å². The summed E-state index contributed by atoms with van der Waals surface area (Å²) < 4.78 is 33.6. The number of sulfonamides is 1. The molecule has 0 saturated carbocycles. The first-order valence-electron chi connectivity index (χ1n) is 8.80. The predicted octanol–water partition coefficient (Wildman–Crippen LogP) is 2.34. The zero-order valence-corrected chi connectivity index (χ0v) is 17.3. The summed E-state index contributed by atoms with van der Waals surface area (Å²) in [6, 6.07) is 8.92. The molecule has 0 N–H and O–H groups in total. The van der Waals surface area contributed by atoms with Gasteiger partial charge in [-0.1, -0.05) is 32.0 Å². The normalized spacial score (nSPS) is 11.6. The molecule has 0 fully saturated rings. The highest BCUT2D eigenvalue weighted by Crippen LogP contribution is 2.22. The summed E-state index contributed by atoms with van der Waals surface area (Å²) in [5.74, 6) is 0.443. The minimum Gasteiger partial charge on any atom is -0.496 e. The van der Waals surface area contributed by atoms with Crippen molar-refractivity contribution < 1.29 is 17.9 Å². The molecule has 0 aliphatic carbocycles. The minimum absolute atomic E-state index is 0.128. The third-order valence-corrected chi connectivity index (χ3v) is 6.50. The number of carbonyl (C=O) groups is 1. The van der Waals surface area contributed by atoms with Gasteiger partial charge in [-0.05, 0) is 12.1 Å². The van der Waals surface area contributed by atoms with Gasteiger partial charge in [0.1, 0.15) is 16.3 Å². The van der Waals surface area contributed by atoms with Crippen LogP contribution < -0.4 is 4.74 Å². The van der Waals surface area contributed by atoms with Gasteiger partial charge in [0.25, 0.3) is 5.91 Å². The van der Waals surface area contributed by atoms with Gasteiger partial charge >= 0.3 is 0 Å². The zero-order chi connectivity index (χ0) is 20.2. The number of carbonyl (C=O) groups excluding carboxylic acids is 1. The highest BCUT2D eigenvalue weighted by atomic mass is 32.2. The van der Waals surface area contributed by atoms with Gasteiger partial charge in [0.2, 0.25) is 10.0 Å². The molecule has 0 unspecified atom stereocenters. The molecule has 0 saturated heterocycles. The van der Waals surface area contributed by atoms with E-state index in [1.54, 1.807) is 44.5 Å². The summed E-state index contributed by atoms with van der Waals surface area (Å²) in [6.45, 7) is 4.69. The first kappa shape index (κ1) is 21.0. The van der Waals surface area contributed by atoms with Crippen LogP contribution >= 0.6 is 0 Å². The van der Waals surface area contributed by atoms with Crippen molar-refractivity contribution in [2.75, 3.05) is 27.2 Å². The van der Waals surface area contributed by atoms with Crippen LogP contribution in [-0.2, 0) is 23.6 Å². The molecule has 0 radical (unpaired) electrons. The number of ether oxygens (including phenoxy) is 1. The van der Waals surface area contributed by atoms with Gasteiger partial charge in [-0.15, -0.1) is 0 Å². The minimum atomic E-state index is -3.61. The van der Waals surface area contributed by atoms with E-state index in [0.29, 0.717) is 31.1 Å². The summed E-state index contributed by atoms with van der Waals surface area (Å²) in [6.07, 6.45) is 1.48. The standard InChI is InChI=1S/C19H27N3O4S/c1-6-22(7-2)27(24,25)16-12-17(20(3)14-16)19(23)21(4)13-15-10-8-9-11-18(15)26-5/h8-12,14H,6-7,13H2,1-5H3. The van der Waals surface area contributed by atoms with E-state index in [2.05, 4.69) is 0 Å². The Labute approximate surface area is 161 Å². The Morgan fingerprint density at radius 3 is 2.41 bits per heavy atom. The molecule has 0 aliphatic heterocycles. The van der Waals surface area contributed by atoms with Crippen LogP contribution in [0.1, 0.15) is 29.9 Å². The maximum Gasteiger partial charge on any atom is 0.270 e. The molecule has 1 aromatic carbocycles. The van der Waals surface area contributed by atoms with E-state index in [4.69, 9.17) is 4.74 Å². The van der Waals surface area contributed by atoms with Crippen LogP contribution in [0, 0.1) is 0 Å². The molecule has 8 heteroatoms. The largest absolute Gasteiger partial charge is 0.496 e. The number of hydrogen-bond acceptors (Lipinski definition) is 4. The summed E-state index contributed by atoms with van der Waals surface area (Å²) in [4.78, 5) is 14.5. The molecule has 0 spiro atoms. The SMILES string of the molecule is CCN(CC)S(=O)(=O)c1cc(C(=O)N(C)Cc2ccccc2OC)n(C)c1. The summed E-state index contributed by atoms with van der Waals surface area (Å²) in [5, 5.41) is 0. The van der Waals surface area contributed by atoms with Gasteiger partial charge < -0.3 is 14.2 Å². The second-order valence-electron chi connectivity index (χ2n) is 6.23. The van der Waals surface area contributed by atoms with Crippen LogP contribution in [0.15, 0.2) is 41.4 Å². The van der Waals surface area contributed by atoms with Gasteiger partial charge in [-0.25, -0.2) is 8.42 Å². The molecular weight excluding hydrogens is 366 g/mol. The van der Waals surface area contributed by atoms with E-state index in [1.807, 2.05) is 24.3 Å². The van der Waals surface area contributed by atoms with Crippen LogP contribution in [0.4, 0.5) is 0 Å². The second kappa shape index (κ2) is 8.58. The summed E-state index contributed by atoms with van der Waals surface area (Å²) in [7, 11) is 1.33. The number of hydrogen-bond donors (Lipinski definition) is 0. The lowest BCUT2D eigenvalue weighted by Crippen LogP contribution is -2.30. The maximum absolute atomic E-state index is 12.9. The van der Waals surface area contributed by atoms with Crippen molar-refractivity contribution in [3.8, 4) is 5.75 Å². The highest BCUT2D eigenvalue weighted by Gasteiger charge is 2.26. The molecule has 0 aliphatic rings. The Morgan fingerprint density at radius 1 is 1.19 bits per heavy atom. The van der Waals surface area contributed by atoms with Crippen LogP contribution in [0.25, 0.3) is 0 Å². The first-order valence-corrected chi connectivity index (χ1v) is 10.2. The molecule has 1 amide bonds. The van der Waals surface area contributed by atoms with E-state index < -0.39 is 10.0 Å². The number of aryl methyl sites for hydroxylation is 1. The lowest BCUT2D eigenvalue weighted by atomic mass is 10.2. The smallest absolute Gasteiger partial charge is 0.270 e. The van der Waals surface area contributed by atoms with Crippen molar-refractivity contribution in [1.29, 1.82) is 0 Å². The quantitative estimate of drug-likeness (QED) is 0.690. The van der Waals surface area contributed by atoms with Crippen molar-refractivity contribution in [3.05, 3.63) is 47.8 Å². The van der Waals surface area contributed by atoms with Crippen molar-refractivity contribution in [2.45, 2.75) is 25.3 Å². The van der Waals surface area contributed by atoms with E-state index >= 15 is 0 Å². The predicted molar refractivity (Wildman–Crippen MR) is 104 cm³/mol. The van der Waals surface area contributed by atoms with Gasteiger partial charge in [0.05, 0.1) is 7.11 Å². The fourth-order valence-corrected chi connectivity index (χ4v) is 4.49. The third-order valence-electron chi connectivity index (χ3n) is 4.49. The highest BCUT2D eigenvalue weighted by molar-refractivity contribution is 7.89. The van der Waals surface area contributed by atoms with E-state index in [9.17, 15) is 13.2 Å². The van der Waals surface area contributed by atoms with Gasteiger partial charge in [0.15, 0.2) is 0 Å². The number of para-hydroxylation sites is 1. The molecule has 1 aromatic heterocycles. The average molecular weight is 394 g/mol. The van der Waals surface area contributed by atoms with Gasteiger partial charge in [-0.3, -0.25) is 4.79 Å². The first-order chi connectivity index (χ1) is 12.8. The summed E-state index contributed by atoms with van der Waals surface area (Å²) >= 11 is 0. The monoisotopic (exact) mass is 393 g/mol. The Bertz CT molecular complexity index is 901. The second-order valence-corrected chi connectivity index (χ2v) is 8.17. The molecule has 0 bridgehead atoms. The van der Waals surface area contributed by atoms with E-state index in [-0.39, 0.29) is 10.8 Å². The van der Waals surface area contributed by atoms with Crippen molar-refractivity contribution >= 4 is 15.9 Å². The fourth-order valence-electron chi connectivity index (χ4n) is 2.96. The molecule has 7 nitrogen and oxygen atoms in total. The summed E-state index contributed by atoms with van der Waals surface area (Å²) in [5.41, 5.74) is 1.19. The van der Waals surface area contributed by atoms with Crippen LogP contribution in [0.2, 0.25) is 0 Å². The number of aromatic nitrogens is 1. The maximum atomic E-state index is 12.9. The van der Waals surface area contributed by atoms with E-state index in [0.717, 1.165) is 5.56 Å². The molecule has 2 aromatic rings. The Hall–Kier alpha value is -2.32. The number of methoxy groups -OCH3 is 1. The molecular formula is C19H27N3O4S. The zero-order valence-electron chi connectivity index (χ0n) is 16.5. The Kier molecular flexibility index (Phi) is 6.67. The Morgan fingerprint density at radius 2 is 1.81 bits per heavy atom. The molecule has 0 atom stereocenters. The molecule has 1 heterocycles. The number of rotatable bonds is 8. The third kappa shape index (κ3) is 4.33. The van der Waals surface area contributed by atoms with Crippen molar-refractivity contribution in [1.82, 2.24) is 13.8 Å². The van der Waals surface area contributed by atoms with Crippen molar-refractivity contribution in [2.24, 2.45) is 7.05 Å². The lowest BCUT2D eigenvalue weighted by Gasteiger charge is -2.19. The Balaban J connectivity index is 2.28. The number of benzene rings is 1. The van der Waals surface area contributed by atoms with Crippen LogP contribution in [0.3, 0.4) is 0 Å². The number of amides is 1. The fraction of sp³-hybridized carbons (Fsp3) is 0.421. The lowest BCUT2D eigenvalue weighted by molar-refractivity contribution is 0.0774. The van der Waals surface area contributed by atoms with Gasteiger partial charge in [-0.2, -0.15) is 4.31 Å². The molecule has 2 rings (SSSR count). The molecule has 148 valence electrons. The van der Waals surface area contributed by atoms with Gasteiger partial charge in [0, 0.05) is 45.5 Å². The van der Waals surface area contributed by atoms with E-state index in [1.165, 1.54) is 16.6 Å².